The zero-order valence-electron chi connectivity index (χ0n) is 19.3. The lowest BCUT2D eigenvalue weighted by molar-refractivity contribution is 0.0912. The minimum atomic E-state index is -0.0175. The summed E-state index contributed by atoms with van der Waals surface area (Å²) in [5.74, 6) is 0.182. The van der Waals surface area contributed by atoms with Crippen LogP contribution < -0.4 is 5.32 Å². The van der Waals surface area contributed by atoms with Crippen molar-refractivity contribution < 1.29 is 9.90 Å². The maximum absolute atomic E-state index is 13.3. The molecular weight excluding hydrogens is 398 g/mol. The summed E-state index contributed by atoms with van der Waals surface area (Å²) in [7, 11) is 0. The standard InChI is InChI=1S/C27H35N3O2/c1-3-4-15-30-20(2)26(24-19-23(31)10-11-25(24)30)27(32)28-22-13-17-29(18-14-22)16-12-21-8-6-5-7-9-21/h5-11,19,22,31H,3-4,12-18H2,1-2H3,(H,28,32). The second-order valence-electron chi connectivity index (χ2n) is 8.99. The quantitative estimate of drug-likeness (QED) is 0.532. The van der Waals surface area contributed by atoms with Gasteiger partial charge in [-0.2, -0.15) is 0 Å². The molecule has 1 amide bonds. The third-order valence-corrected chi connectivity index (χ3v) is 6.75. The summed E-state index contributed by atoms with van der Waals surface area (Å²) in [5, 5.41) is 14.2. The summed E-state index contributed by atoms with van der Waals surface area (Å²) in [5.41, 5.74) is 4.09. The van der Waals surface area contributed by atoms with E-state index in [-0.39, 0.29) is 17.7 Å². The van der Waals surface area contributed by atoms with Crippen molar-refractivity contribution >= 4 is 16.8 Å². The van der Waals surface area contributed by atoms with Crippen molar-refractivity contribution in [1.29, 1.82) is 0 Å². The summed E-state index contributed by atoms with van der Waals surface area (Å²) in [6, 6.07) is 16.2. The zero-order valence-corrected chi connectivity index (χ0v) is 19.3. The Kier molecular flexibility index (Phi) is 7.15. The van der Waals surface area contributed by atoms with Crippen LogP contribution in [0.3, 0.4) is 0 Å². The molecule has 32 heavy (non-hydrogen) atoms. The number of hydrogen-bond acceptors (Lipinski definition) is 3. The number of benzene rings is 2. The molecule has 0 spiro atoms. The fourth-order valence-electron chi connectivity index (χ4n) is 4.85. The second kappa shape index (κ2) is 10.2. The molecule has 1 aliphatic heterocycles. The van der Waals surface area contributed by atoms with Gasteiger partial charge in [0.25, 0.3) is 5.91 Å². The first-order valence-electron chi connectivity index (χ1n) is 12.0. The molecular formula is C27H35N3O2. The van der Waals surface area contributed by atoms with Crippen molar-refractivity contribution in [3.05, 3.63) is 65.4 Å². The Morgan fingerprint density at radius 3 is 2.56 bits per heavy atom. The average molecular weight is 434 g/mol. The van der Waals surface area contributed by atoms with E-state index >= 15 is 0 Å². The van der Waals surface area contributed by atoms with Gasteiger partial charge in [0, 0.05) is 48.8 Å². The number of phenols is 1. The van der Waals surface area contributed by atoms with Gasteiger partial charge in [0.15, 0.2) is 0 Å². The highest BCUT2D eigenvalue weighted by atomic mass is 16.3. The summed E-state index contributed by atoms with van der Waals surface area (Å²) in [4.78, 5) is 15.8. The summed E-state index contributed by atoms with van der Waals surface area (Å²) >= 11 is 0. The third-order valence-electron chi connectivity index (χ3n) is 6.75. The smallest absolute Gasteiger partial charge is 0.253 e. The number of phenolic OH excluding ortho intramolecular Hbond substituents is 1. The Balaban J connectivity index is 1.40. The van der Waals surface area contributed by atoms with Gasteiger partial charge in [-0.1, -0.05) is 43.7 Å². The van der Waals surface area contributed by atoms with E-state index in [0.717, 1.165) is 74.9 Å². The lowest BCUT2D eigenvalue weighted by atomic mass is 10.0. The van der Waals surface area contributed by atoms with Crippen LogP contribution in [0, 0.1) is 6.92 Å². The molecule has 0 unspecified atom stereocenters. The maximum Gasteiger partial charge on any atom is 0.253 e. The average Bonchev–Trinajstić information content (AvgIpc) is 3.08. The molecule has 0 saturated carbocycles. The number of fused-ring (bicyclic) bond motifs is 1. The van der Waals surface area contributed by atoms with E-state index in [9.17, 15) is 9.90 Å². The molecule has 1 saturated heterocycles. The zero-order chi connectivity index (χ0) is 22.5. The van der Waals surface area contributed by atoms with Crippen LogP contribution in [-0.2, 0) is 13.0 Å². The van der Waals surface area contributed by atoms with Gasteiger partial charge < -0.3 is 19.9 Å². The van der Waals surface area contributed by atoms with Gasteiger partial charge in [-0.05, 0) is 56.4 Å². The summed E-state index contributed by atoms with van der Waals surface area (Å²) in [6.07, 6.45) is 5.17. The molecule has 0 radical (unpaired) electrons. The number of carbonyl (C=O) groups excluding carboxylic acids is 1. The number of nitrogens with one attached hydrogen (secondary N) is 1. The highest BCUT2D eigenvalue weighted by molar-refractivity contribution is 6.08. The van der Waals surface area contributed by atoms with Crippen LogP contribution in [0.2, 0.25) is 0 Å². The van der Waals surface area contributed by atoms with E-state index in [0.29, 0.717) is 5.56 Å². The van der Waals surface area contributed by atoms with Gasteiger partial charge in [-0.15, -0.1) is 0 Å². The van der Waals surface area contributed by atoms with E-state index in [1.165, 1.54) is 5.56 Å². The SMILES string of the molecule is CCCCn1c(C)c(C(=O)NC2CCN(CCc3ccccc3)CC2)c2cc(O)ccc21. The van der Waals surface area contributed by atoms with Crippen LogP contribution in [0.15, 0.2) is 48.5 Å². The molecule has 2 N–H and O–H groups in total. The number of carbonyl (C=O) groups is 1. The van der Waals surface area contributed by atoms with Crippen molar-refractivity contribution in [3.63, 3.8) is 0 Å². The molecule has 2 aromatic carbocycles. The van der Waals surface area contributed by atoms with Gasteiger partial charge in [0.2, 0.25) is 0 Å². The Hall–Kier alpha value is -2.79. The van der Waals surface area contributed by atoms with E-state index in [1.54, 1.807) is 12.1 Å². The number of nitrogens with zero attached hydrogens (tertiary/aromatic N) is 2. The number of piperidine rings is 1. The minimum absolute atomic E-state index is 0.0175. The van der Waals surface area contributed by atoms with Gasteiger partial charge >= 0.3 is 0 Å². The number of amides is 1. The number of aromatic hydroxyl groups is 1. The van der Waals surface area contributed by atoms with Gasteiger partial charge in [0.05, 0.1) is 5.56 Å². The largest absolute Gasteiger partial charge is 0.508 e. The molecule has 170 valence electrons. The molecule has 1 aromatic heterocycles. The molecule has 1 fully saturated rings. The summed E-state index contributed by atoms with van der Waals surface area (Å²) in [6.45, 7) is 8.16. The van der Waals surface area contributed by atoms with Crippen molar-refractivity contribution in [3.8, 4) is 5.75 Å². The van der Waals surface area contributed by atoms with Crippen molar-refractivity contribution in [2.24, 2.45) is 0 Å². The van der Waals surface area contributed by atoms with Crippen LogP contribution >= 0.6 is 0 Å². The van der Waals surface area contributed by atoms with Crippen LogP contribution in [-0.4, -0.2) is 46.2 Å². The van der Waals surface area contributed by atoms with Gasteiger partial charge in [0.1, 0.15) is 5.75 Å². The Morgan fingerprint density at radius 1 is 1.09 bits per heavy atom. The van der Waals surface area contributed by atoms with Crippen LogP contribution in [0.25, 0.3) is 10.9 Å². The van der Waals surface area contributed by atoms with Crippen LogP contribution in [0.4, 0.5) is 0 Å². The molecule has 2 heterocycles. The molecule has 0 aliphatic carbocycles. The number of likely N-dealkylation sites (tertiary alicyclic amines) is 1. The highest BCUT2D eigenvalue weighted by Crippen LogP contribution is 2.30. The predicted molar refractivity (Wildman–Crippen MR) is 130 cm³/mol. The van der Waals surface area contributed by atoms with E-state index in [2.05, 4.69) is 52.0 Å². The first-order valence-corrected chi connectivity index (χ1v) is 12.0. The molecule has 3 aromatic rings. The molecule has 5 nitrogen and oxygen atoms in total. The van der Waals surface area contributed by atoms with Gasteiger partial charge in [-0.25, -0.2) is 0 Å². The first kappa shape index (κ1) is 22.4. The lowest BCUT2D eigenvalue weighted by Gasteiger charge is -2.32. The number of aromatic nitrogens is 1. The maximum atomic E-state index is 13.3. The highest BCUT2D eigenvalue weighted by Gasteiger charge is 2.25. The molecule has 5 heteroatoms. The molecule has 0 bridgehead atoms. The third kappa shape index (κ3) is 4.99. The molecule has 4 rings (SSSR count). The second-order valence-corrected chi connectivity index (χ2v) is 8.99. The van der Waals surface area contributed by atoms with Crippen LogP contribution in [0.1, 0.15) is 54.2 Å². The number of unbranched alkanes of at least 4 members (excludes halogenated alkanes) is 1. The van der Waals surface area contributed by atoms with Crippen molar-refractivity contribution in [2.45, 2.75) is 58.5 Å². The van der Waals surface area contributed by atoms with Crippen LogP contribution in [0.5, 0.6) is 5.75 Å². The Morgan fingerprint density at radius 2 is 1.84 bits per heavy atom. The topological polar surface area (TPSA) is 57.5 Å². The van der Waals surface area contributed by atoms with E-state index < -0.39 is 0 Å². The Bertz CT molecular complexity index is 1050. The summed E-state index contributed by atoms with van der Waals surface area (Å²) < 4.78 is 2.22. The molecule has 1 aliphatic rings. The fourth-order valence-corrected chi connectivity index (χ4v) is 4.85. The fraction of sp³-hybridized carbons (Fsp3) is 0.444. The van der Waals surface area contributed by atoms with E-state index in [4.69, 9.17) is 0 Å². The number of hydrogen-bond donors (Lipinski definition) is 2. The van der Waals surface area contributed by atoms with Crippen molar-refractivity contribution in [2.75, 3.05) is 19.6 Å². The van der Waals surface area contributed by atoms with Crippen molar-refractivity contribution in [1.82, 2.24) is 14.8 Å². The molecule has 0 atom stereocenters. The number of rotatable bonds is 8. The Labute approximate surface area is 191 Å². The monoisotopic (exact) mass is 433 g/mol. The normalized spacial score (nSPS) is 15.3. The first-order chi connectivity index (χ1) is 15.6. The number of aryl methyl sites for hydroxylation is 1. The van der Waals surface area contributed by atoms with E-state index in [1.807, 2.05) is 13.0 Å². The predicted octanol–water partition coefficient (Wildman–Crippen LogP) is 4.89. The van der Waals surface area contributed by atoms with Gasteiger partial charge in [-0.3, -0.25) is 4.79 Å². The lowest BCUT2D eigenvalue weighted by Crippen LogP contribution is -2.45. The minimum Gasteiger partial charge on any atom is -0.508 e.